The normalized spacial score (nSPS) is 19.6. The van der Waals surface area contributed by atoms with Crippen molar-refractivity contribution in [1.82, 2.24) is 4.90 Å². The van der Waals surface area contributed by atoms with Gasteiger partial charge in [-0.1, -0.05) is 12.1 Å². The monoisotopic (exact) mass is 234 g/mol. The van der Waals surface area contributed by atoms with Crippen molar-refractivity contribution in [2.24, 2.45) is 0 Å². The van der Waals surface area contributed by atoms with Gasteiger partial charge in [-0.05, 0) is 30.5 Å². The van der Waals surface area contributed by atoms with E-state index in [2.05, 4.69) is 0 Å². The average molecular weight is 234 g/mol. The summed E-state index contributed by atoms with van der Waals surface area (Å²) in [6.45, 7) is 1.16. The summed E-state index contributed by atoms with van der Waals surface area (Å²) in [7, 11) is 0. The molecule has 0 aromatic heterocycles. The van der Waals surface area contributed by atoms with E-state index in [1.165, 1.54) is 0 Å². The Bertz CT molecular complexity index is 406. The minimum Gasteiger partial charge on any atom is -0.399 e. The second-order valence-corrected chi connectivity index (χ2v) is 4.53. The van der Waals surface area contributed by atoms with Crippen LogP contribution in [0.25, 0.3) is 0 Å². The molecule has 3 N–H and O–H groups in total. The van der Waals surface area contributed by atoms with Crippen LogP contribution >= 0.6 is 0 Å². The van der Waals surface area contributed by atoms with Crippen LogP contribution in [0.1, 0.15) is 18.4 Å². The number of nitrogen functional groups attached to an aromatic ring is 1. The van der Waals surface area contributed by atoms with Gasteiger partial charge in [0.15, 0.2) is 0 Å². The fourth-order valence-electron chi connectivity index (χ4n) is 2.13. The molecule has 0 aliphatic carbocycles. The van der Waals surface area contributed by atoms with Crippen molar-refractivity contribution in [3.63, 3.8) is 0 Å². The number of likely N-dealkylation sites (tertiary alicyclic amines) is 1. The molecule has 1 aromatic rings. The van der Waals surface area contributed by atoms with Crippen molar-refractivity contribution in [2.75, 3.05) is 18.8 Å². The van der Waals surface area contributed by atoms with E-state index in [0.717, 1.165) is 11.3 Å². The molecule has 4 nitrogen and oxygen atoms in total. The molecule has 0 saturated carbocycles. The van der Waals surface area contributed by atoms with Gasteiger partial charge in [-0.3, -0.25) is 4.79 Å². The molecule has 17 heavy (non-hydrogen) atoms. The Morgan fingerprint density at radius 2 is 2.35 bits per heavy atom. The highest BCUT2D eigenvalue weighted by atomic mass is 16.3. The average Bonchev–Trinajstić information content (AvgIpc) is 2.73. The van der Waals surface area contributed by atoms with E-state index in [9.17, 15) is 9.90 Å². The SMILES string of the molecule is Nc1cccc(CCC(=O)N2CC[C@H](O)C2)c1. The summed E-state index contributed by atoms with van der Waals surface area (Å²) in [5, 5.41) is 9.36. The van der Waals surface area contributed by atoms with E-state index < -0.39 is 0 Å². The maximum Gasteiger partial charge on any atom is 0.222 e. The van der Waals surface area contributed by atoms with Gasteiger partial charge in [0, 0.05) is 25.2 Å². The zero-order chi connectivity index (χ0) is 12.3. The highest BCUT2D eigenvalue weighted by molar-refractivity contribution is 5.76. The Kier molecular flexibility index (Phi) is 3.64. The number of hydrogen-bond donors (Lipinski definition) is 2. The number of hydrogen-bond acceptors (Lipinski definition) is 3. The number of anilines is 1. The number of aliphatic hydroxyl groups is 1. The summed E-state index contributed by atoms with van der Waals surface area (Å²) >= 11 is 0. The Balaban J connectivity index is 1.84. The molecule has 1 amide bonds. The lowest BCUT2D eigenvalue weighted by atomic mass is 10.1. The third-order valence-electron chi connectivity index (χ3n) is 3.09. The van der Waals surface area contributed by atoms with Crippen LogP contribution < -0.4 is 5.73 Å². The van der Waals surface area contributed by atoms with Crippen LogP contribution in [0.15, 0.2) is 24.3 Å². The molecule has 4 heteroatoms. The summed E-state index contributed by atoms with van der Waals surface area (Å²) in [4.78, 5) is 13.6. The molecule has 92 valence electrons. The van der Waals surface area contributed by atoms with Gasteiger partial charge in [0.05, 0.1) is 6.10 Å². The highest BCUT2D eigenvalue weighted by Crippen LogP contribution is 2.13. The quantitative estimate of drug-likeness (QED) is 0.760. The van der Waals surface area contributed by atoms with Gasteiger partial charge < -0.3 is 15.7 Å². The zero-order valence-corrected chi connectivity index (χ0v) is 9.80. The number of nitrogens with zero attached hydrogens (tertiary/aromatic N) is 1. The molecule has 0 radical (unpaired) electrons. The molecule has 2 rings (SSSR count). The number of β-amino-alcohol motifs (C(OH)–C–C–N with tert-alkyl or cyclic N) is 1. The summed E-state index contributed by atoms with van der Waals surface area (Å²) in [5.41, 5.74) is 7.49. The van der Waals surface area contributed by atoms with Crippen LogP contribution in [0.2, 0.25) is 0 Å². The van der Waals surface area contributed by atoms with Gasteiger partial charge in [0.25, 0.3) is 0 Å². The van der Waals surface area contributed by atoms with Gasteiger partial charge in [-0.25, -0.2) is 0 Å². The van der Waals surface area contributed by atoms with E-state index in [-0.39, 0.29) is 12.0 Å². The number of benzene rings is 1. The summed E-state index contributed by atoms with van der Waals surface area (Å²) in [6, 6.07) is 7.60. The lowest BCUT2D eigenvalue weighted by Gasteiger charge is -2.15. The van der Waals surface area contributed by atoms with Crippen LogP contribution in [0, 0.1) is 0 Å². The number of aryl methyl sites for hydroxylation is 1. The fraction of sp³-hybridized carbons (Fsp3) is 0.462. The van der Waals surface area contributed by atoms with Crippen molar-refractivity contribution in [3.8, 4) is 0 Å². The largest absolute Gasteiger partial charge is 0.399 e. The second-order valence-electron chi connectivity index (χ2n) is 4.53. The first kappa shape index (κ1) is 11.9. The van der Waals surface area contributed by atoms with Gasteiger partial charge in [0.1, 0.15) is 0 Å². The van der Waals surface area contributed by atoms with E-state index in [4.69, 9.17) is 5.73 Å². The number of rotatable bonds is 3. The van der Waals surface area contributed by atoms with E-state index >= 15 is 0 Å². The van der Waals surface area contributed by atoms with Crippen LogP contribution in [0.3, 0.4) is 0 Å². The smallest absolute Gasteiger partial charge is 0.222 e. The first-order chi connectivity index (χ1) is 8.15. The Morgan fingerprint density at radius 1 is 1.53 bits per heavy atom. The molecular weight excluding hydrogens is 216 g/mol. The topological polar surface area (TPSA) is 66.6 Å². The van der Waals surface area contributed by atoms with E-state index in [1.807, 2.05) is 24.3 Å². The summed E-state index contributed by atoms with van der Waals surface area (Å²) < 4.78 is 0. The maximum absolute atomic E-state index is 11.8. The van der Waals surface area contributed by atoms with Crippen LogP contribution in [0.4, 0.5) is 5.69 Å². The molecule has 0 bridgehead atoms. The predicted molar refractivity (Wildman–Crippen MR) is 66.4 cm³/mol. The summed E-state index contributed by atoms with van der Waals surface area (Å²) in [5.74, 6) is 0.115. The maximum atomic E-state index is 11.8. The van der Waals surface area contributed by atoms with E-state index in [0.29, 0.717) is 32.4 Å². The molecule has 1 atom stereocenters. The van der Waals surface area contributed by atoms with E-state index in [1.54, 1.807) is 4.90 Å². The van der Waals surface area contributed by atoms with Crippen LogP contribution in [0.5, 0.6) is 0 Å². The predicted octanol–water partition coefficient (Wildman–Crippen LogP) is 0.795. The van der Waals surface area contributed by atoms with Crippen molar-refractivity contribution in [2.45, 2.75) is 25.4 Å². The Hall–Kier alpha value is -1.55. The van der Waals surface area contributed by atoms with Crippen molar-refractivity contribution in [1.29, 1.82) is 0 Å². The second kappa shape index (κ2) is 5.19. The molecule has 1 heterocycles. The number of aliphatic hydroxyl groups excluding tert-OH is 1. The van der Waals surface area contributed by atoms with Crippen molar-refractivity contribution >= 4 is 11.6 Å². The first-order valence-electron chi connectivity index (χ1n) is 5.95. The van der Waals surface area contributed by atoms with Crippen molar-refractivity contribution < 1.29 is 9.90 Å². The third kappa shape index (κ3) is 3.20. The standard InChI is InChI=1S/C13H18N2O2/c14-11-3-1-2-10(8-11)4-5-13(17)15-7-6-12(16)9-15/h1-3,8,12,16H,4-7,9,14H2/t12-/m0/s1. The molecule has 1 aliphatic rings. The molecule has 1 fully saturated rings. The minimum atomic E-state index is -0.341. The van der Waals surface area contributed by atoms with Gasteiger partial charge in [0.2, 0.25) is 5.91 Å². The lowest BCUT2D eigenvalue weighted by molar-refractivity contribution is -0.130. The van der Waals surface area contributed by atoms with Gasteiger partial charge in [-0.15, -0.1) is 0 Å². The number of nitrogens with two attached hydrogens (primary N) is 1. The highest BCUT2D eigenvalue weighted by Gasteiger charge is 2.23. The molecule has 1 aromatic carbocycles. The fourth-order valence-corrected chi connectivity index (χ4v) is 2.13. The number of carbonyl (C=O) groups is 1. The Morgan fingerprint density at radius 3 is 3.00 bits per heavy atom. The zero-order valence-electron chi connectivity index (χ0n) is 9.80. The molecule has 0 unspecified atom stereocenters. The molecule has 0 spiro atoms. The Labute approximate surface area is 101 Å². The third-order valence-corrected chi connectivity index (χ3v) is 3.09. The number of amides is 1. The minimum absolute atomic E-state index is 0.115. The van der Waals surface area contributed by atoms with Crippen LogP contribution in [-0.4, -0.2) is 35.1 Å². The molecule has 1 saturated heterocycles. The molecule has 1 aliphatic heterocycles. The summed E-state index contributed by atoms with van der Waals surface area (Å²) in [6.07, 6.45) is 1.54. The molecular formula is C13H18N2O2. The first-order valence-corrected chi connectivity index (χ1v) is 5.95. The van der Waals surface area contributed by atoms with Crippen molar-refractivity contribution in [3.05, 3.63) is 29.8 Å². The lowest BCUT2D eigenvalue weighted by Crippen LogP contribution is -2.29. The van der Waals surface area contributed by atoms with Gasteiger partial charge in [-0.2, -0.15) is 0 Å². The van der Waals surface area contributed by atoms with Gasteiger partial charge >= 0.3 is 0 Å². The number of carbonyl (C=O) groups excluding carboxylic acids is 1. The van der Waals surface area contributed by atoms with Crippen LogP contribution in [-0.2, 0) is 11.2 Å².